The van der Waals surface area contributed by atoms with Crippen LogP contribution >= 0.6 is 0 Å². The number of hydrogen-bond acceptors (Lipinski definition) is 5. The van der Waals surface area contributed by atoms with Crippen molar-refractivity contribution in [3.8, 4) is 11.4 Å². The molecule has 0 spiro atoms. The molecule has 1 heterocycles. The van der Waals surface area contributed by atoms with E-state index in [0.29, 0.717) is 11.8 Å². The summed E-state index contributed by atoms with van der Waals surface area (Å²) in [4.78, 5) is 6.89. The number of aromatic nitrogens is 2. The topological polar surface area (TPSA) is 54.2 Å². The van der Waals surface area contributed by atoms with Crippen LogP contribution in [-0.4, -0.2) is 41.2 Å². The normalized spacial score (nSPS) is 15.9. The molecule has 1 fully saturated rings. The van der Waals surface area contributed by atoms with E-state index in [2.05, 4.69) is 27.4 Å². The molecule has 0 saturated heterocycles. The summed E-state index contributed by atoms with van der Waals surface area (Å²) >= 11 is 0. The van der Waals surface area contributed by atoms with Gasteiger partial charge in [-0.3, -0.25) is 0 Å². The molecule has 0 atom stereocenters. The lowest BCUT2D eigenvalue weighted by Crippen LogP contribution is -2.34. The summed E-state index contributed by atoms with van der Waals surface area (Å²) in [7, 11) is 2.25. The smallest absolute Gasteiger partial charge is 0.321 e. The molecule has 1 aromatic carbocycles. The monoisotopic (exact) mass is 314 g/mol. The van der Waals surface area contributed by atoms with Gasteiger partial charge in [-0.25, -0.2) is 0 Å². The maximum Gasteiger partial charge on any atom is 0.321 e. The highest BCUT2D eigenvalue weighted by Crippen LogP contribution is 2.21. The molecule has 5 heteroatoms. The van der Waals surface area contributed by atoms with Crippen LogP contribution in [0.25, 0.3) is 11.4 Å². The quantitative estimate of drug-likeness (QED) is 0.788. The van der Waals surface area contributed by atoms with Gasteiger partial charge in [0.1, 0.15) is 0 Å². The van der Waals surface area contributed by atoms with Crippen LogP contribution in [0.3, 0.4) is 0 Å². The fourth-order valence-corrected chi connectivity index (χ4v) is 3.23. The van der Waals surface area contributed by atoms with Gasteiger partial charge in [-0.05, 0) is 32.9 Å². The Morgan fingerprint density at radius 1 is 1.17 bits per heavy atom. The molecule has 1 aromatic heterocycles. The Labute approximate surface area is 138 Å². The molecule has 1 saturated carbocycles. The van der Waals surface area contributed by atoms with Crippen LogP contribution in [0.4, 0.5) is 6.01 Å². The van der Waals surface area contributed by atoms with Crippen molar-refractivity contribution >= 4 is 6.01 Å². The van der Waals surface area contributed by atoms with Crippen molar-refractivity contribution in [2.45, 2.75) is 44.6 Å². The van der Waals surface area contributed by atoms with E-state index in [4.69, 9.17) is 4.52 Å². The van der Waals surface area contributed by atoms with Crippen LogP contribution in [0.5, 0.6) is 0 Å². The Morgan fingerprint density at radius 2 is 1.96 bits per heavy atom. The second-order valence-electron chi connectivity index (χ2n) is 6.34. The minimum atomic E-state index is 0.504. The van der Waals surface area contributed by atoms with Crippen LogP contribution in [-0.2, 0) is 0 Å². The molecule has 1 aliphatic carbocycles. The summed E-state index contributed by atoms with van der Waals surface area (Å²) in [5.74, 6) is 0.632. The first-order valence-electron chi connectivity index (χ1n) is 8.66. The van der Waals surface area contributed by atoms with Crippen molar-refractivity contribution in [2.75, 3.05) is 25.5 Å². The van der Waals surface area contributed by atoms with Crippen molar-refractivity contribution in [3.05, 3.63) is 30.3 Å². The number of rotatable bonds is 7. The molecule has 124 valence electrons. The molecule has 0 radical (unpaired) electrons. The van der Waals surface area contributed by atoms with Gasteiger partial charge in [-0.1, -0.05) is 54.8 Å². The van der Waals surface area contributed by atoms with E-state index in [9.17, 15) is 0 Å². The maximum atomic E-state index is 5.26. The minimum absolute atomic E-state index is 0.504. The van der Waals surface area contributed by atoms with Crippen LogP contribution in [0.1, 0.15) is 38.5 Å². The predicted molar refractivity (Wildman–Crippen MR) is 92.3 cm³/mol. The Bertz CT molecular complexity index is 578. The molecule has 0 bridgehead atoms. The Hall–Kier alpha value is -1.88. The van der Waals surface area contributed by atoms with Crippen LogP contribution < -0.4 is 5.32 Å². The van der Waals surface area contributed by atoms with E-state index >= 15 is 0 Å². The fraction of sp³-hybridized carbons (Fsp3) is 0.556. The van der Waals surface area contributed by atoms with E-state index in [0.717, 1.165) is 31.1 Å². The van der Waals surface area contributed by atoms with E-state index in [1.807, 2.05) is 30.3 Å². The van der Waals surface area contributed by atoms with E-state index in [1.54, 1.807) is 0 Å². The molecule has 1 aliphatic rings. The summed E-state index contributed by atoms with van der Waals surface area (Å²) < 4.78 is 5.26. The van der Waals surface area contributed by atoms with Gasteiger partial charge in [0.25, 0.3) is 0 Å². The van der Waals surface area contributed by atoms with Crippen molar-refractivity contribution < 1.29 is 4.52 Å². The summed E-state index contributed by atoms with van der Waals surface area (Å²) in [5.41, 5.74) is 0.973. The molecule has 1 N–H and O–H groups in total. The lowest BCUT2D eigenvalue weighted by molar-refractivity contribution is 0.191. The van der Waals surface area contributed by atoms with Crippen molar-refractivity contribution in [1.82, 2.24) is 15.0 Å². The third kappa shape index (κ3) is 4.55. The Balaban J connectivity index is 1.40. The van der Waals surface area contributed by atoms with Gasteiger partial charge in [0.2, 0.25) is 5.82 Å². The number of anilines is 1. The summed E-state index contributed by atoms with van der Waals surface area (Å²) in [6.45, 7) is 1.96. The average Bonchev–Trinajstić information content (AvgIpc) is 3.09. The highest BCUT2D eigenvalue weighted by atomic mass is 16.5. The number of nitrogens with one attached hydrogen (secondary N) is 1. The van der Waals surface area contributed by atoms with Crippen LogP contribution in [0, 0.1) is 0 Å². The maximum absolute atomic E-state index is 5.26. The standard InChI is InChI=1S/C18H26N4O/c1-22(16-11-6-3-7-12-16)14-8-13-19-18-20-17(21-23-18)15-9-4-2-5-10-15/h2,4-5,9-10,16H,3,6-8,11-14H2,1H3,(H,19,20,21). The van der Waals surface area contributed by atoms with Crippen molar-refractivity contribution in [3.63, 3.8) is 0 Å². The average molecular weight is 314 g/mol. The molecule has 0 unspecified atom stereocenters. The Kier molecular flexibility index (Phi) is 5.64. The highest BCUT2D eigenvalue weighted by Gasteiger charge is 2.17. The largest absolute Gasteiger partial charge is 0.338 e. The third-order valence-electron chi connectivity index (χ3n) is 4.62. The zero-order valence-corrected chi connectivity index (χ0v) is 13.9. The summed E-state index contributed by atoms with van der Waals surface area (Å²) in [5, 5.41) is 7.24. The second kappa shape index (κ2) is 8.11. The van der Waals surface area contributed by atoms with Gasteiger partial charge < -0.3 is 14.7 Å². The zero-order valence-electron chi connectivity index (χ0n) is 13.9. The van der Waals surface area contributed by atoms with Crippen LogP contribution in [0.15, 0.2) is 34.9 Å². The lowest BCUT2D eigenvalue weighted by Gasteiger charge is -2.31. The van der Waals surface area contributed by atoms with E-state index in [-0.39, 0.29) is 0 Å². The fourth-order valence-electron chi connectivity index (χ4n) is 3.23. The molecule has 2 aromatic rings. The van der Waals surface area contributed by atoms with Gasteiger partial charge in [-0.15, -0.1) is 0 Å². The molecular formula is C18H26N4O. The molecule has 3 rings (SSSR count). The molecular weight excluding hydrogens is 288 g/mol. The van der Waals surface area contributed by atoms with Gasteiger partial charge in [-0.2, -0.15) is 4.98 Å². The molecule has 0 aliphatic heterocycles. The van der Waals surface area contributed by atoms with Crippen molar-refractivity contribution in [1.29, 1.82) is 0 Å². The van der Waals surface area contributed by atoms with Crippen molar-refractivity contribution in [2.24, 2.45) is 0 Å². The second-order valence-corrected chi connectivity index (χ2v) is 6.34. The first-order valence-corrected chi connectivity index (χ1v) is 8.66. The molecule has 23 heavy (non-hydrogen) atoms. The zero-order chi connectivity index (χ0) is 15.9. The summed E-state index contributed by atoms with van der Waals surface area (Å²) in [6.07, 6.45) is 7.97. The first kappa shape index (κ1) is 16.0. The van der Waals surface area contributed by atoms with Gasteiger partial charge in [0, 0.05) is 18.2 Å². The van der Waals surface area contributed by atoms with Gasteiger partial charge in [0.05, 0.1) is 0 Å². The van der Waals surface area contributed by atoms with E-state index < -0.39 is 0 Å². The van der Waals surface area contributed by atoms with E-state index in [1.165, 1.54) is 32.1 Å². The minimum Gasteiger partial charge on any atom is -0.338 e. The van der Waals surface area contributed by atoms with Gasteiger partial charge in [0.15, 0.2) is 0 Å². The number of hydrogen-bond donors (Lipinski definition) is 1. The van der Waals surface area contributed by atoms with Crippen LogP contribution in [0.2, 0.25) is 0 Å². The molecule has 0 amide bonds. The first-order chi connectivity index (χ1) is 11.3. The SMILES string of the molecule is CN(CCCNc1nc(-c2ccccc2)no1)C1CCCCC1. The highest BCUT2D eigenvalue weighted by molar-refractivity contribution is 5.54. The lowest BCUT2D eigenvalue weighted by atomic mass is 9.94. The predicted octanol–water partition coefficient (Wildman–Crippen LogP) is 3.80. The molecule has 5 nitrogen and oxygen atoms in total. The summed E-state index contributed by atoms with van der Waals surface area (Å²) in [6, 6.07) is 11.2. The Morgan fingerprint density at radius 3 is 2.74 bits per heavy atom. The number of nitrogens with zero attached hydrogens (tertiary/aromatic N) is 3. The third-order valence-corrected chi connectivity index (χ3v) is 4.62. The number of benzene rings is 1. The van der Waals surface area contributed by atoms with Gasteiger partial charge >= 0.3 is 6.01 Å².